The van der Waals surface area contributed by atoms with E-state index in [2.05, 4.69) is 84.9 Å². The van der Waals surface area contributed by atoms with Gasteiger partial charge in [0.2, 0.25) is 0 Å². The Kier molecular flexibility index (Phi) is 4.59. The fourth-order valence-corrected chi connectivity index (χ4v) is 1.88. The van der Waals surface area contributed by atoms with E-state index in [-0.39, 0.29) is 5.41 Å². The van der Waals surface area contributed by atoms with Gasteiger partial charge in [-0.05, 0) is 5.41 Å². The summed E-state index contributed by atoms with van der Waals surface area (Å²) in [6, 6.07) is 8.57. The molecule has 0 saturated heterocycles. The first-order chi connectivity index (χ1) is 7.09. The fourth-order valence-electron chi connectivity index (χ4n) is 1.88. The Morgan fingerprint density at radius 1 is 1.20 bits per heavy atom. The monoisotopic (exact) mass is 312 g/mol. The van der Waals surface area contributed by atoms with Crippen molar-refractivity contribution in [2.24, 2.45) is 5.41 Å². The van der Waals surface area contributed by atoms with Crippen LogP contribution in [0.3, 0.4) is 0 Å². The van der Waals surface area contributed by atoms with E-state index in [4.69, 9.17) is 0 Å². The number of rotatable bonds is 0. The summed E-state index contributed by atoms with van der Waals surface area (Å²) >= 11 is 2.22. The molecule has 1 aromatic rings. The summed E-state index contributed by atoms with van der Waals surface area (Å²) in [7, 11) is 4.49. The van der Waals surface area contributed by atoms with Crippen LogP contribution in [0.1, 0.15) is 37.8 Å². The first-order valence-electron chi connectivity index (χ1n) is 4.89. The van der Waals surface area contributed by atoms with Crippen LogP contribution in [0.2, 0.25) is 0 Å². The second kappa shape index (κ2) is 5.30. The molecule has 1 aliphatic rings. The third-order valence-electron chi connectivity index (χ3n) is 2.58. The van der Waals surface area contributed by atoms with E-state index in [1.54, 1.807) is 0 Å². The minimum absolute atomic E-state index is 0.281. The van der Waals surface area contributed by atoms with Gasteiger partial charge in [0.1, 0.15) is 0 Å². The van der Waals surface area contributed by atoms with Crippen molar-refractivity contribution < 1.29 is 18.2 Å². The van der Waals surface area contributed by atoms with Gasteiger partial charge < -0.3 is 0 Å². The molecule has 0 fully saturated rings. The molecule has 1 aliphatic carbocycles. The zero-order valence-electron chi connectivity index (χ0n) is 9.16. The zero-order valence-corrected chi connectivity index (χ0v) is 11.5. The first-order valence-corrected chi connectivity index (χ1v) is 6.89. The fraction of sp³-hybridized carbons (Fsp3) is 0.385. The molecule has 1 aromatic carbocycles. The summed E-state index contributed by atoms with van der Waals surface area (Å²) in [6.45, 7) is 6.79. The van der Waals surface area contributed by atoms with Crippen LogP contribution in [-0.2, 0) is 18.2 Å². The van der Waals surface area contributed by atoms with Gasteiger partial charge in [0, 0.05) is 0 Å². The first kappa shape index (κ1) is 13.0. The van der Waals surface area contributed by atoms with Gasteiger partial charge in [-0.2, -0.15) is 5.56 Å². The van der Waals surface area contributed by atoms with E-state index in [1.165, 1.54) is 11.1 Å². The summed E-state index contributed by atoms with van der Waals surface area (Å²) < 4.78 is 0. The maximum atomic E-state index is 4.49. The zero-order chi connectivity index (χ0) is 11.5. The molecule has 0 heterocycles. The van der Waals surface area contributed by atoms with Gasteiger partial charge >= 0.3 is 27.7 Å². The molecule has 0 bridgehead atoms. The van der Waals surface area contributed by atoms with Crippen LogP contribution in [0.25, 0.3) is 6.08 Å². The molecule has 0 aliphatic heterocycles. The Labute approximate surface area is 107 Å². The van der Waals surface area contributed by atoms with Gasteiger partial charge in [0.25, 0.3) is 0 Å². The van der Waals surface area contributed by atoms with Gasteiger partial charge in [-0.3, -0.25) is 6.08 Å². The van der Waals surface area contributed by atoms with Crippen LogP contribution < -0.4 is 0 Å². The van der Waals surface area contributed by atoms with Crippen molar-refractivity contribution in [2.75, 3.05) is 0 Å². The van der Waals surface area contributed by atoms with E-state index in [1.807, 2.05) is 0 Å². The topological polar surface area (TPSA) is 0 Å². The van der Waals surface area contributed by atoms with E-state index in [0.717, 1.165) is 0 Å². The van der Waals surface area contributed by atoms with E-state index >= 15 is 0 Å². The van der Waals surface area contributed by atoms with Crippen molar-refractivity contribution in [3.63, 3.8) is 0 Å². The van der Waals surface area contributed by atoms with Crippen molar-refractivity contribution in [2.45, 2.75) is 26.7 Å². The molecular weight excluding hydrogens is 298 g/mol. The summed E-state index contributed by atoms with van der Waals surface area (Å²) in [4.78, 5) is 0. The number of halogens is 1. The summed E-state index contributed by atoms with van der Waals surface area (Å²) in [6.07, 6.45) is 5.55. The third kappa shape index (κ3) is 2.94. The normalized spacial score (nSPS) is 18.1. The Morgan fingerprint density at radius 2 is 1.80 bits per heavy atom. The van der Waals surface area contributed by atoms with Crippen LogP contribution in [0.15, 0.2) is 24.3 Å². The molecule has 0 amide bonds. The molecule has 1 unspecified atom stereocenters. The van der Waals surface area contributed by atoms with E-state index in [9.17, 15) is 0 Å². The molecule has 0 N–H and O–H groups in total. The molecule has 84 valence electrons. The van der Waals surface area contributed by atoms with Crippen molar-refractivity contribution in [1.29, 1.82) is 0 Å². The number of benzene rings is 1. The number of fused-ring (bicyclic) bond motifs is 1. The number of hydrogen-bond acceptors (Lipinski definition) is 0. The molecule has 0 radical (unpaired) electrons. The van der Waals surface area contributed by atoms with Gasteiger partial charge in [0.05, 0.1) is 0 Å². The standard InChI is InChI=1S/C13H15.ClH.Pd/c1-13(2,3)12-9-8-10-6-4-5-7-11(10)12;;/h4-8,12H,1-3H3;1H;/q-1;;+2/p-1. The molecule has 2 rings (SSSR count). The summed E-state index contributed by atoms with van der Waals surface area (Å²) in [5, 5.41) is 0. The van der Waals surface area contributed by atoms with Crippen LogP contribution in [0.5, 0.6) is 0 Å². The predicted octanol–water partition coefficient (Wildman–Crippen LogP) is 4.33. The van der Waals surface area contributed by atoms with Gasteiger partial charge in [-0.25, -0.2) is 6.08 Å². The molecule has 0 spiro atoms. The van der Waals surface area contributed by atoms with Gasteiger partial charge in [0.15, 0.2) is 0 Å². The molecule has 15 heavy (non-hydrogen) atoms. The van der Waals surface area contributed by atoms with E-state index in [0.29, 0.717) is 5.92 Å². The van der Waals surface area contributed by atoms with Crippen molar-refractivity contribution in [3.05, 3.63) is 41.5 Å². The summed E-state index contributed by atoms with van der Waals surface area (Å²) in [5.74, 6) is 0.462. The predicted molar refractivity (Wildman–Crippen MR) is 62.2 cm³/mol. The van der Waals surface area contributed by atoms with Crippen molar-refractivity contribution >= 4 is 15.6 Å². The molecule has 1 atom stereocenters. The Bertz CT molecular complexity index is 350. The second-order valence-corrected chi connectivity index (χ2v) is 4.74. The van der Waals surface area contributed by atoms with Gasteiger partial charge in [-0.1, -0.05) is 44.9 Å². The maximum absolute atomic E-state index is 4.49. The molecule has 0 saturated carbocycles. The SMILES string of the molecule is CC(C)(C)C1[C-]=Cc2ccccc21.[Cl][Pd+]. The van der Waals surface area contributed by atoms with Crippen LogP contribution >= 0.6 is 9.53 Å². The molecule has 2 heteroatoms. The quantitative estimate of drug-likeness (QED) is 0.494. The Balaban J connectivity index is 0.000000531. The molecular formula is C13H15ClPd. The Morgan fingerprint density at radius 3 is 2.40 bits per heavy atom. The van der Waals surface area contributed by atoms with Crippen LogP contribution in [0.4, 0.5) is 0 Å². The molecule has 0 aromatic heterocycles. The molecule has 0 nitrogen and oxygen atoms in total. The van der Waals surface area contributed by atoms with Gasteiger partial charge in [-0.15, -0.1) is 11.6 Å². The van der Waals surface area contributed by atoms with E-state index < -0.39 is 0 Å². The summed E-state index contributed by atoms with van der Waals surface area (Å²) in [5.41, 5.74) is 3.04. The van der Waals surface area contributed by atoms with Crippen LogP contribution in [0, 0.1) is 11.5 Å². The average Bonchev–Trinajstić information content (AvgIpc) is 2.63. The number of hydrogen-bond donors (Lipinski definition) is 0. The Hall–Kier alpha value is -0.0877. The second-order valence-electron chi connectivity index (χ2n) is 4.74. The van der Waals surface area contributed by atoms with Crippen molar-refractivity contribution in [3.8, 4) is 0 Å². The third-order valence-corrected chi connectivity index (χ3v) is 2.58. The van der Waals surface area contributed by atoms with Crippen molar-refractivity contribution in [1.82, 2.24) is 0 Å². The number of allylic oxidation sites excluding steroid dienone is 1. The average molecular weight is 313 g/mol. The van der Waals surface area contributed by atoms with Crippen LogP contribution in [-0.4, -0.2) is 0 Å². The minimum atomic E-state index is 0.281.